The number of nitrogens with one attached hydrogen (secondary N) is 2. The van der Waals surface area contributed by atoms with Crippen LogP contribution in [0.3, 0.4) is 0 Å². The summed E-state index contributed by atoms with van der Waals surface area (Å²) in [5.41, 5.74) is 0.994. The Morgan fingerprint density at radius 1 is 1.28 bits per heavy atom. The Balaban J connectivity index is 1.78. The van der Waals surface area contributed by atoms with E-state index in [1.165, 1.54) is 0 Å². The number of aryl methyl sites for hydroxylation is 1. The second-order valence-electron chi connectivity index (χ2n) is 6.22. The summed E-state index contributed by atoms with van der Waals surface area (Å²) in [6, 6.07) is 10.8. The summed E-state index contributed by atoms with van der Waals surface area (Å²) in [6.07, 6.45) is 0.972. The molecule has 0 saturated carbocycles. The first-order valence-electron chi connectivity index (χ1n) is 8.58. The van der Waals surface area contributed by atoms with E-state index in [1.807, 2.05) is 4.90 Å². The Kier molecular flexibility index (Phi) is 5.19. The van der Waals surface area contributed by atoms with Crippen LogP contribution in [0.25, 0.3) is 0 Å². The van der Waals surface area contributed by atoms with Crippen LogP contribution in [0.1, 0.15) is 40.0 Å². The monoisotopic (exact) mass is 341 g/mol. The molecule has 0 unspecified atom stereocenters. The normalized spacial score (nSPS) is 17.4. The fourth-order valence-corrected chi connectivity index (χ4v) is 2.97. The van der Waals surface area contributed by atoms with Crippen molar-refractivity contribution in [3.63, 3.8) is 0 Å². The summed E-state index contributed by atoms with van der Waals surface area (Å²) >= 11 is 0. The summed E-state index contributed by atoms with van der Waals surface area (Å²) in [7, 11) is 0. The van der Waals surface area contributed by atoms with Crippen molar-refractivity contribution in [2.45, 2.75) is 26.3 Å². The molecule has 0 spiro atoms. The molecule has 2 aromatic rings. The number of benzene rings is 1. The molecular weight excluding hydrogens is 318 g/mol. The van der Waals surface area contributed by atoms with Crippen molar-refractivity contribution in [1.29, 1.82) is 0 Å². The van der Waals surface area contributed by atoms with E-state index in [4.69, 9.17) is 4.42 Å². The van der Waals surface area contributed by atoms with Crippen LogP contribution < -0.4 is 10.6 Å². The van der Waals surface area contributed by atoms with Crippen molar-refractivity contribution in [3.8, 4) is 0 Å². The predicted molar refractivity (Wildman–Crippen MR) is 95.8 cm³/mol. The zero-order valence-electron chi connectivity index (χ0n) is 14.5. The molecule has 2 heterocycles. The number of carbonyl (C=O) groups excluding carboxylic acids is 2. The summed E-state index contributed by atoms with van der Waals surface area (Å²) in [6.45, 7) is 6.00. The maximum Gasteiger partial charge on any atom is 0.291 e. The Labute approximate surface area is 147 Å². The predicted octanol–water partition coefficient (Wildman–Crippen LogP) is 2.66. The van der Waals surface area contributed by atoms with Crippen LogP contribution >= 0.6 is 0 Å². The quantitative estimate of drug-likeness (QED) is 0.896. The van der Waals surface area contributed by atoms with Crippen LogP contribution in [0.4, 0.5) is 5.69 Å². The molecule has 6 heteroatoms. The van der Waals surface area contributed by atoms with Crippen LogP contribution in [0.2, 0.25) is 0 Å². The van der Waals surface area contributed by atoms with Gasteiger partial charge in [-0.2, -0.15) is 0 Å². The van der Waals surface area contributed by atoms with E-state index in [-0.39, 0.29) is 17.6 Å². The van der Waals surface area contributed by atoms with Gasteiger partial charge in [-0.1, -0.05) is 19.1 Å². The lowest BCUT2D eigenvalue weighted by Crippen LogP contribution is -2.52. The lowest BCUT2D eigenvalue weighted by molar-refractivity contribution is 0.0702. The maximum absolute atomic E-state index is 12.9. The molecule has 25 heavy (non-hydrogen) atoms. The molecule has 0 aliphatic carbocycles. The third-order valence-electron chi connectivity index (χ3n) is 4.41. The Hall–Kier alpha value is -2.60. The lowest BCUT2D eigenvalue weighted by atomic mass is 10.1. The number of furan rings is 1. The van der Waals surface area contributed by atoms with Gasteiger partial charge >= 0.3 is 0 Å². The molecule has 1 aromatic carbocycles. The molecule has 0 radical (unpaired) electrons. The van der Waals surface area contributed by atoms with E-state index >= 15 is 0 Å². The highest BCUT2D eigenvalue weighted by Crippen LogP contribution is 2.20. The van der Waals surface area contributed by atoms with Crippen LogP contribution in [0.5, 0.6) is 0 Å². The number of anilines is 1. The summed E-state index contributed by atoms with van der Waals surface area (Å²) in [4.78, 5) is 27.1. The van der Waals surface area contributed by atoms with Crippen LogP contribution in [-0.4, -0.2) is 42.4 Å². The minimum Gasteiger partial charge on any atom is -0.456 e. The van der Waals surface area contributed by atoms with Gasteiger partial charge in [-0.3, -0.25) is 9.59 Å². The first-order valence-corrected chi connectivity index (χ1v) is 8.58. The highest BCUT2D eigenvalue weighted by atomic mass is 16.3. The van der Waals surface area contributed by atoms with E-state index in [1.54, 1.807) is 43.3 Å². The third kappa shape index (κ3) is 3.91. The number of carbonyl (C=O) groups is 2. The topological polar surface area (TPSA) is 74.6 Å². The molecule has 132 valence electrons. The number of rotatable bonds is 4. The van der Waals surface area contributed by atoms with Gasteiger partial charge in [0.15, 0.2) is 5.76 Å². The lowest BCUT2D eigenvalue weighted by Gasteiger charge is -2.33. The van der Waals surface area contributed by atoms with Crippen molar-refractivity contribution >= 4 is 17.5 Å². The van der Waals surface area contributed by atoms with Crippen LogP contribution in [0, 0.1) is 6.92 Å². The number of nitrogens with zero attached hydrogens (tertiary/aromatic N) is 1. The molecule has 1 aliphatic heterocycles. The second-order valence-corrected chi connectivity index (χ2v) is 6.22. The van der Waals surface area contributed by atoms with Gasteiger partial charge in [0, 0.05) is 25.7 Å². The number of hydrogen-bond donors (Lipinski definition) is 2. The van der Waals surface area contributed by atoms with Gasteiger partial charge in [0.1, 0.15) is 5.76 Å². The molecule has 3 rings (SSSR count). The first-order chi connectivity index (χ1) is 12.1. The van der Waals surface area contributed by atoms with Crippen LogP contribution in [0.15, 0.2) is 40.8 Å². The fraction of sp³-hybridized carbons (Fsp3) is 0.368. The van der Waals surface area contributed by atoms with Crippen molar-refractivity contribution in [2.75, 3.05) is 25.0 Å². The molecule has 1 aromatic heterocycles. The molecule has 0 bridgehead atoms. The van der Waals surface area contributed by atoms with Gasteiger partial charge in [-0.05, 0) is 37.6 Å². The minimum atomic E-state index is -0.361. The SMILES string of the molecule is CC[C@@H]1CN(C(=O)c2ccccc2NC(=O)c2ccc(C)o2)CCN1. The highest BCUT2D eigenvalue weighted by molar-refractivity contribution is 6.07. The summed E-state index contributed by atoms with van der Waals surface area (Å²) < 4.78 is 5.35. The van der Waals surface area contributed by atoms with Gasteiger partial charge in [0.2, 0.25) is 0 Å². The zero-order valence-corrected chi connectivity index (χ0v) is 14.5. The molecule has 6 nitrogen and oxygen atoms in total. The van der Waals surface area contributed by atoms with E-state index < -0.39 is 0 Å². The Morgan fingerprint density at radius 3 is 2.80 bits per heavy atom. The molecule has 1 aliphatic rings. The van der Waals surface area contributed by atoms with Crippen molar-refractivity contribution in [3.05, 3.63) is 53.5 Å². The standard InChI is InChI=1S/C19H23N3O3/c1-3-14-12-22(11-10-20-14)19(24)15-6-4-5-7-16(15)21-18(23)17-9-8-13(2)25-17/h4-9,14,20H,3,10-12H2,1-2H3,(H,21,23)/t14-/m1/s1. The van der Waals surface area contributed by atoms with Crippen LogP contribution in [-0.2, 0) is 0 Å². The molecule has 2 N–H and O–H groups in total. The molecular formula is C19H23N3O3. The number of para-hydroxylation sites is 1. The third-order valence-corrected chi connectivity index (χ3v) is 4.41. The Bertz CT molecular complexity index is 769. The number of hydrogen-bond acceptors (Lipinski definition) is 4. The highest BCUT2D eigenvalue weighted by Gasteiger charge is 2.25. The molecule has 1 fully saturated rings. The number of piperazine rings is 1. The van der Waals surface area contributed by atoms with Gasteiger partial charge < -0.3 is 20.0 Å². The molecule has 2 amide bonds. The largest absolute Gasteiger partial charge is 0.456 e. The van der Waals surface area contributed by atoms with Crippen molar-refractivity contribution < 1.29 is 14.0 Å². The zero-order chi connectivity index (χ0) is 17.8. The average Bonchev–Trinajstić information content (AvgIpc) is 3.08. The molecule has 1 atom stereocenters. The van der Waals surface area contributed by atoms with E-state index in [2.05, 4.69) is 17.6 Å². The minimum absolute atomic E-state index is 0.0634. The molecule has 1 saturated heterocycles. The summed E-state index contributed by atoms with van der Waals surface area (Å²) in [5, 5.41) is 6.19. The van der Waals surface area contributed by atoms with Crippen molar-refractivity contribution in [1.82, 2.24) is 10.2 Å². The van der Waals surface area contributed by atoms with Gasteiger partial charge in [-0.25, -0.2) is 0 Å². The smallest absolute Gasteiger partial charge is 0.291 e. The van der Waals surface area contributed by atoms with E-state index in [9.17, 15) is 9.59 Å². The average molecular weight is 341 g/mol. The second kappa shape index (κ2) is 7.53. The van der Waals surface area contributed by atoms with Crippen molar-refractivity contribution in [2.24, 2.45) is 0 Å². The van der Waals surface area contributed by atoms with Gasteiger partial charge in [-0.15, -0.1) is 0 Å². The maximum atomic E-state index is 12.9. The van der Waals surface area contributed by atoms with Gasteiger partial charge in [0.05, 0.1) is 11.3 Å². The fourth-order valence-electron chi connectivity index (χ4n) is 2.97. The summed E-state index contributed by atoms with van der Waals surface area (Å²) in [5.74, 6) is 0.473. The first kappa shape index (κ1) is 17.2. The van der Waals surface area contributed by atoms with E-state index in [0.29, 0.717) is 36.1 Å². The van der Waals surface area contributed by atoms with Gasteiger partial charge in [0.25, 0.3) is 11.8 Å². The van der Waals surface area contributed by atoms with E-state index in [0.717, 1.165) is 13.0 Å². The Morgan fingerprint density at radius 2 is 2.08 bits per heavy atom. The number of amides is 2.